The molecule has 33 heavy (non-hydrogen) atoms. The number of fused-ring (bicyclic) bond motifs is 1. The highest BCUT2D eigenvalue weighted by molar-refractivity contribution is 7.88. The standard InChI is InChI=1S/C20H27F3N6O3S/c1-33(31,32)28-13-3-5-15(6-4-13)29-10-14(11-29)25-18(30)9-24-19-16-8-12(20(21,22)23)2-7-17(16)26-27-19/h2,7-8,13-15,28H,3-6,9-11H2,1H3,(H,25,30)(H2,24,26,27). The summed E-state index contributed by atoms with van der Waals surface area (Å²) in [6, 6.07) is 3.68. The molecule has 1 aromatic heterocycles. The molecule has 2 heterocycles. The summed E-state index contributed by atoms with van der Waals surface area (Å²) in [5, 5.41) is 12.6. The van der Waals surface area contributed by atoms with E-state index in [1.54, 1.807) is 0 Å². The zero-order chi connectivity index (χ0) is 23.8. The van der Waals surface area contributed by atoms with E-state index in [1.807, 2.05) is 0 Å². The first-order valence-corrected chi connectivity index (χ1v) is 12.7. The summed E-state index contributed by atoms with van der Waals surface area (Å²) in [4.78, 5) is 14.6. The summed E-state index contributed by atoms with van der Waals surface area (Å²) in [7, 11) is -3.19. The number of alkyl halides is 3. The molecule has 182 valence electrons. The lowest BCUT2D eigenvalue weighted by atomic mass is 9.88. The third kappa shape index (κ3) is 5.95. The molecule has 13 heteroatoms. The van der Waals surface area contributed by atoms with Gasteiger partial charge in [0.05, 0.1) is 29.9 Å². The van der Waals surface area contributed by atoms with E-state index in [2.05, 4.69) is 30.5 Å². The highest BCUT2D eigenvalue weighted by atomic mass is 32.2. The first-order valence-electron chi connectivity index (χ1n) is 10.8. The van der Waals surface area contributed by atoms with Crippen molar-refractivity contribution in [2.24, 2.45) is 0 Å². The molecule has 0 spiro atoms. The molecule has 1 saturated carbocycles. The van der Waals surface area contributed by atoms with Crippen LogP contribution in [0.3, 0.4) is 0 Å². The van der Waals surface area contributed by atoms with Crippen LogP contribution in [0, 0.1) is 0 Å². The van der Waals surface area contributed by atoms with Gasteiger partial charge < -0.3 is 10.6 Å². The van der Waals surface area contributed by atoms with Gasteiger partial charge in [0.2, 0.25) is 15.9 Å². The van der Waals surface area contributed by atoms with Crippen LogP contribution in [0.15, 0.2) is 18.2 Å². The van der Waals surface area contributed by atoms with Gasteiger partial charge in [0.25, 0.3) is 0 Å². The van der Waals surface area contributed by atoms with Gasteiger partial charge in [-0.05, 0) is 43.9 Å². The number of hydrogen-bond acceptors (Lipinski definition) is 6. The van der Waals surface area contributed by atoms with Crippen molar-refractivity contribution in [1.29, 1.82) is 0 Å². The number of likely N-dealkylation sites (tertiary alicyclic amines) is 1. The third-order valence-electron chi connectivity index (χ3n) is 6.18. The molecule has 0 atom stereocenters. The van der Waals surface area contributed by atoms with Crippen LogP contribution in [0.1, 0.15) is 31.2 Å². The monoisotopic (exact) mass is 488 g/mol. The smallest absolute Gasteiger partial charge is 0.359 e. The van der Waals surface area contributed by atoms with Crippen molar-refractivity contribution in [3.05, 3.63) is 23.8 Å². The third-order valence-corrected chi connectivity index (χ3v) is 6.94. The Labute approximate surface area is 189 Å². The van der Waals surface area contributed by atoms with Crippen LogP contribution in [-0.2, 0) is 21.0 Å². The Kier molecular flexibility index (Phi) is 6.56. The summed E-state index contributed by atoms with van der Waals surface area (Å²) in [5.74, 6) is -0.0650. The van der Waals surface area contributed by atoms with Crippen LogP contribution in [0.25, 0.3) is 10.9 Å². The maximum Gasteiger partial charge on any atom is 0.416 e. The van der Waals surface area contributed by atoms with Gasteiger partial charge in [0, 0.05) is 30.6 Å². The van der Waals surface area contributed by atoms with E-state index in [0.717, 1.165) is 50.9 Å². The average Bonchev–Trinajstić information content (AvgIpc) is 3.10. The van der Waals surface area contributed by atoms with Crippen LogP contribution >= 0.6 is 0 Å². The fourth-order valence-corrected chi connectivity index (χ4v) is 5.37. The number of sulfonamides is 1. The molecule has 0 radical (unpaired) electrons. The Morgan fingerprint density at radius 1 is 1.18 bits per heavy atom. The average molecular weight is 489 g/mol. The molecule has 2 fully saturated rings. The summed E-state index contributed by atoms with van der Waals surface area (Å²) in [5.41, 5.74) is -0.332. The molecule has 0 unspecified atom stereocenters. The van der Waals surface area contributed by atoms with Crippen molar-refractivity contribution in [2.75, 3.05) is 31.2 Å². The number of aromatic nitrogens is 2. The summed E-state index contributed by atoms with van der Waals surface area (Å²) >= 11 is 0. The number of H-pyrrole nitrogens is 1. The SMILES string of the molecule is CS(=O)(=O)NC1CCC(N2CC(NC(=O)CNc3n[nH]c4ccc(C(F)(F)F)cc34)C2)CC1. The predicted molar refractivity (Wildman–Crippen MR) is 117 cm³/mol. The minimum absolute atomic E-state index is 0.00978. The lowest BCUT2D eigenvalue weighted by molar-refractivity contribution is -0.137. The van der Waals surface area contributed by atoms with Crippen molar-refractivity contribution >= 4 is 32.7 Å². The van der Waals surface area contributed by atoms with Gasteiger partial charge in [0.15, 0.2) is 5.82 Å². The molecule has 4 N–H and O–H groups in total. The molecule has 1 aliphatic heterocycles. The summed E-state index contributed by atoms with van der Waals surface area (Å²) in [6.45, 7) is 1.34. The number of nitrogens with one attached hydrogen (secondary N) is 4. The van der Waals surface area contributed by atoms with Crippen molar-refractivity contribution in [1.82, 2.24) is 25.1 Å². The lowest BCUT2D eigenvalue weighted by Crippen LogP contribution is -2.63. The fourth-order valence-electron chi connectivity index (χ4n) is 4.53. The Hall–Kier alpha value is -2.38. The molecule has 9 nitrogen and oxygen atoms in total. The van der Waals surface area contributed by atoms with Crippen molar-refractivity contribution in [3.8, 4) is 0 Å². The second kappa shape index (κ2) is 9.11. The number of halogens is 3. The van der Waals surface area contributed by atoms with E-state index in [0.29, 0.717) is 11.6 Å². The maximum atomic E-state index is 13.0. The summed E-state index contributed by atoms with van der Waals surface area (Å²) in [6.07, 6.45) is 0.111. The maximum absolute atomic E-state index is 13.0. The highest BCUT2D eigenvalue weighted by Crippen LogP contribution is 2.33. The molecule has 4 rings (SSSR count). The number of anilines is 1. The van der Waals surface area contributed by atoms with Crippen LogP contribution in [-0.4, -0.2) is 73.4 Å². The zero-order valence-electron chi connectivity index (χ0n) is 18.1. The molecule has 1 amide bonds. The van der Waals surface area contributed by atoms with Gasteiger partial charge >= 0.3 is 6.18 Å². The summed E-state index contributed by atoms with van der Waals surface area (Å²) < 4.78 is 64.3. The number of carbonyl (C=O) groups excluding carboxylic acids is 1. The van der Waals surface area contributed by atoms with E-state index >= 15 is 0 Å². The van der Waals surface area contributed by atoms with Crippen LogP contribution in [0.4, 0.5) is 19.0 Å². The topological polar surface area (TPSA) is 119 Å². The quantitative estimate of drug-likeness (QED) is 0.471. The Morgan fingerprint density at radius 3 is 2.52 bits per heavy atom. The van der Waals surface area contributed by atoms with Crippen LogP contribution in [0.5, 0.6) is 0 Å². The second-order valence-corrected chi connectivity index (χ2v) is 10.6. The van der Waals surface area contributed by atoms with Gasteiger partial charge in [-0.15, -0.1) is 0 Å². The van der Waals surface area contributed by atoms with Crippen LogP contribution < -0.4 is 15.4 Å². The number of amides is 1. The van der Waals surface area contributed by atoms with Crippen molar-refractivity contribution < 1.29 is 26.4 Å². The minimum Gasteiger partial charge on any atom is -0.359 e. The van der Waals surface area contributed by atoms with E-state index in [-0.39, 0.29) is 35.7 Å². The number of aromatic amines is 1. The Balaban J connectivity index is 1.21. The molecule has 1 aromatic carbocycles. The van der Waals surface area contributed by atoms with Gasteiger partial charge in [-0.2, -0.15) is 18.3 Å². The number of carbonyl (C=O) groups is 1. The Bertz CT molecular complexity index is 1110. The normalized spacial score (nSPS) is 22.8. The van der Waals surface area contributed by atoms with E-state index in [1.165, 1.54) is 12.3 Å². The van der Waals surface area contributed by atoms with E-state index in [4.69, 9.17) is 0 Å². The molecular weight excluding hydrogens is 461 g/mol. The molecule has 1 saturated heterocycles. The van der Waals surface area contributed by atoms with Crippen molar-refractivity contribution in [2.45, 2.75) is 50.0 Å². The Morgan fingerprint density at radius 2 is 1.88 bits per heavy atom. The van der Waals surface area contributed by atoms with Gasteiger partial charge in [-0.1, -0.05) is 0 Å². The molecule has 2 aromatic rings. The number of nitrogens with zero attached hydrogens (tertiary/aromatic N) is 2. The van der Waals surface area contributed by atoms with Gasteiger partial charge in [0.1, 0.15) is 0 Å². The highest BCUT2D eigenvalue weighted by Gasteiger charge is 2.35. The number of rotatable bonds is 7. The lowest BCUT2D eigenvalue weighted by Gasteiger charge is -2.46. The largest absolute Gasteiger partial charge is 0.416 e. The minimum atomic E-state index is -4.46. The molecule has 1 aliphatic carbocycles. The number of benzene rings is 1. The molecule has 2 aliphatic rings. The first-order chi connectivity index (χ1) is 15.5. The first kappa shape index (κ1) is 23.8. The molecular formula is C20H27F3N6O3S. The second-order valence-electron chi connectivity index (χ2n) is 8.80. The molecule has 0 bridgehead atoms. The van der Waals surface area contributed by atoms with Crippen LogP contribution in [0.2, 0.25) is 0 Å². The zero-order valence-corrected chi connectivity index (χ0v) is 18.9. The number of hydrogen-bond donors (Lipinski definition) is 4. The van der Waals surface area contributed by atoms with Crippen molar-refractivity contribution in [3.63, 3.8) is 0 Å². The van der Waals surface area contributed by atoms with Gasteiger partial charge in [-0.3, -0.25) is 14.8 Å². The van der Waals surface area contributed by atoms with E-state index in [9.17, 15) is 26.4 Å². The fraction of sp³-hybridized carbons (Fsp3) is 0.600. The predicted octanol–water partition coefficient (Wildman–Crippen LogP) is 1.65. The van der Waals surface area contributed by atoms with Gasteiger partial charge in [-0.25, -0.2) is 13.1 Å². The van der Waals surface area contributed by atoms with E-state index < -0.39 is 21.8 Å².